The molecule has 8 nitrogen and oxygen atoms in total. The van der Waals surface area contributed by atoms with Crippen molar-refractivity contribution in [3.8, 4) is 0 Å². The Bertz CT molecular complexity index is 695. The molecule has 22 heavy (non-hydrogen) atoms. The summed E-state index contributed by atoms with van der Waals surface area (Å²) in [7, 11) is 1.21. The Hall–Kier alpha value is -1.84. The fourth-order valence-electron chi connectivity index (χ4n) is 2.11. The fraction of sp³-hybridized carbons (Fsp3) is 0.462. The SMILES string of the molecule is COC(=O)/C=C/c1cn([C@H]2C[C@H](O)[C@@H](CO)S2)c(=O)[nH]c1=O. The van der Waals surface area contributed by atoms with Crippen LogP contribution in [0.2, 0.25) is 0 Å². The van der Waals surface area contributed by atoms with Crippen molar-refractivity contribution in [3.05, 3.63) is 38.7 Å². The van der Waals surface area contributed by atoms with Gasteiger partial charge < -0.3 is 14.9 Å². The smallest absolute Gasteiger partial charge is 0.330 e. The third-order valence-electron chi connectivity index (χ3n) is 3.29. The maximum Gasteiger partial charge on any atom is 0.330 e. The molecule has 1 aromatic heterocycles. The average Bonchev–Trinajstić information content (AvgIpc) is 2.86. The van der Waals surface area contributed by atoms with Gasteiger partial charge in [-0.2, -0.15) is 0 Å². The highest BCUT2D eigenvalue weighted by Crippen LogP contribution is 2.40. The number of carbonyl (C=O) groups is 1. The molecular weight excluding hydrogens is 312 g/mol. The van der Waals surface area contributed by atoms with E-state index in [0.717, 1.165) is 6.08 Å². The topological polar surface area (TPSA) is 122 Å². The van der Waals surface area contributed by atoms with Crippen molar-refractivity contribution in [2.24, 2.45) is 0 Å². The second kappa shape index (κ2) is 6.95. The average molecular weight is 328 g/mol. The third-order valence-corrected chi connectivity index (χ3v) is 4.84. The first-order valence-corrected chi connectivity index (χ1v) is 7.46. The molecule has 0 amide bonds. The number of aliphatic hydroxyl groups is 2. The molecule has 1 saturated heterocycles. The second-order valence-corrected chi connectivity index (χ2v) is 6.14. The Morgan fingerprint density at radius 1 is 1.59 bits per heavy atom. The summed E-state index contributed by atoms with van der Waals surface area (Å²) in [6.45, 7) is -0.199. The van der Waals surface area contributed by atoms with Gasteiger partial charge in [0.15, 0.2) is 0 Å². The van der Waals surface area contributed by atoms with Crippen molar-refractivity contribution in [1.82, 2.24) is 9.55 Å². The number of thioether (sulfide) groups is 1. The summed E-state index contributed by atoms with van der Waals surface area (Å²) in [6.07, 6.45) is 3.20. The zero-order chi connectivity index (χ0) is 16.3. The number of hydrogen-bond donors (Lipinski definition) is 3. The van der Waals surface area contributed by atoms with Gasteiger partial charge in [-0.3, -0.25) is 14.3 Å². The van der Waals surface area contributed by atoms with Crippen LogP contribution >= 0.6 is 11.8 Å². The zero-order valence-electron chi connectivity index (χ0n) is 11.8. The van der Waals surface area contributed by atoms with E-state index in [1.54, 1.807) is 0 Å². The summed E-state index contributed by atoms with van der Waals surface area (Å²) in [5.74, 6) is -0.622. The van der Waals surface area contributed by atoms with E-state index >= 15 is 0 Å². The summed E-state index contributed by atoms with van der Waals surface area (Å²) in [4.78, 5) is 36.9. The molecule has 1 fully saturated rings. The lowest BCUT2D eigenvalue weighted by Crippen LogP contribution is -2.32. The van der Waals surface area contributed by atoms with Crippen LogP contribution in [0.1, 0.15) is 17.4 Å². The number of aromatic amines is 1. The van der Waals surface area contributed by atoms with Crippen molar-refractivity contribution in [2.45, 2.75) is 23.1 Å². The van der Waals surface area contributed by atoms with Crippen LogP contribution in [0.5, 0.6) is 0 Å². The minimum absolute atomic E-state index is 0.118. The minimum Gasteiger partial charge on any atom is -0.466 e. The van der Waals surface area contributed by atoms with Crippen molar-refractivity contribution >= 4 is 23.8 Å². The summed E-state index contributed by atoms with van der Waals surface area (Å²) in [5, 5.41) is 18.2. The predicted molar refractivity (Wildman–Crippen MR) is 80.5 cm³/mol. The van der Waals surface area contributed by atoms with Crippen LogP contribution in [0.3, 0.4) is 0 Å². The van der Waals surface area contributed by atoms with Gasteiger partial charge in [0.2, 0.25) is 0 Å². The van der Waals surface area contributed by atoms with Gasteiger partial charge >= 0.3 is 11.7 Å². The van der Waals surface area contributed by atoms with Crippen molar-refractivity contribution < 1.29 is 19.7 Å². The van der Waals surface area contributed by atoms with Crippen LogP contribution in [0.25, 0.3) is 6.08 Å². The molecule has 9 heteroatoms. The lowest BCUT2D eigenvalue weighted by molar-refractivity contribution is -0.134. The number of methoxy groups -OCH3 is 1. The Kier molecular flexibility index (Phi) is 5.22. The van der Waals surface area contributed by atoms with E-state index in [1.807, 2.05) is 0 Å². The molecule has 0 saturated carbocycles. The number of aliphatic hydroxyl groups excluding tert-OH is 2. The standard InChI is InChI=1S/C13H16N2O6S/c1-21-11(18)3-2-7-5-15(13(20)14-12(7)19)10-4-8(17)9(6-16)22-10/h2-3,5,8-10,16-17H,4,6H2,1H3,(H,14,19,20)/b3-2+/t8-,9+,10+/m0/s1. The monoisotopic (exact) mass is 328 g/mol. The predicted octanol–water partition coefficient (Wildman–Crippen LogP) is -0.920. The molecule has 0 radical (unpaired) electrons. The summed E-state index contributed by atoms with van der Waals surface area (Å²) in [6, 6.07) is 0. The molecule has 3 atom stereocenters. The van der Waals surface area contributed by atoms with E-state index in [-0.39, 0.29) is 23.8 Å². The van der Waals surface area contributed by atoms with Crippen LogP contribution in [0.15, 0.2) is 21.9 Å². The first kappa shape index (κ1) is 16.5. The van der Waals surface area contributed by atoms with Gasteiger partial charge in [-0.25, -0.2) is 9.59 Å². The number of carbonyl (C=O) groups excluding carboxylic acids is 1. The molecular formula is C13H16N2O6S. The molecule has 1 aliphatic heterocycles. The number of ether oxygens (including phenoxy) is 1. The fourth-order valence-corrected chi connectivity index (χ4v) is 3.49. The van der Waals surface area contributed by atoms with Crippen LogP contribution in [-0.4, -0.2) is 50.8 Å². The lowest BCUT2D eigenvalue weighted by Gasteiger charge is -2.13. The van der Waals surface area contributed by atoms with E-state index in [4.69, 9.17) is 5.11 Å². The number of nitrogens with one attached hydrogen (secondary N) is 1. The van der Waals surface area contributed by atoms with Crippen molar-refractivity contribution in [2.75, 3.05) is 13.7 Å². The first-order valence-electron chi connectivity index (χ1n) is 6.52. The van der Waals surface area contributed by atoms with E-state index in [0.29, 0.717) is 0 Å². The normalized spacial score (nSPS) is 24.8. The minimum atomic E-state index is -0.729. The maximum atomic E-state index is 11.9. The molecule has 0 aliphatic carbocycles. The summed E-state index contributed by atoms with van der Waals surface area (Å²) in [5.41, 5.74) is -1.11. The number of hydrogen-bond acceptors (Lipinski definition) is 7. The molecule has 1 aliphatic rings. The Balaban J connectivity index is 2.33. The van der Waals surface area contributed by atoms with Gasteiger partial charge in [0.05, 0.1) is 36.0 Å². The number of rotatable bonds is 4. The Labute approximate surface area is 129 Å². The van der Waals surface area contributed by atoms with Gasteiger partial charge in [0.25, 0.3) is 5.56 Å². The highest BCUT2D eigenvalue weighted by atomic mass is 32.2. The lowest BCUT2D eigenvalue weighted by atomic mass is 10.2. The van der Waals surface area contributed by atoms with E-state index in [2.05, 4.69) is 9.72 Å². The molecule has 120 valence electrons. The molecule has 2 rings (SSSR count). The Morgan fingerprint density at radius 3 is 2.91 bits per heavy atom. The van der Waals surface area contributed by atoms with Crippen LogP contribution in [0, 0.1) is 0 Å². The van der Waals surface area contributed by atoms with Gasteiger partial charge in [0.1, 0.15) is 0 Å². The zero-order valence-corrected chi connectivity index (χ0v) is 12.6. The highest BCUT2D eigenvalue weighted by molar-refractivity contribution is 8.00. The molecule has 1 aromatic rings. The number of esters is 1. The summed E-state index contributed by atoms with van der Waals surface area (Å²) >= 11 is 1.25. The Morgan fingerprint density at radius 2 is 2.32 bits per heavy atom. The molecule has 0 aromatic carbocycles. The van der Waals surface area contributed by atoms with Gasteiger partial charge in [-0.1, -0.05) is 0 Å². The molecule has 0 spiro atoms. The van der Waals surface area contributed by atoms with Gasteiger partial charge in [-0.15, -0.1) is 11.8 Å². The van der Waals surface area contributed by atoms with Crippen LogP contribution in [-0.2, 0) is 9.53 Å². The second-order valence-electron chi connectivity index (χ2n) is 4.72. The van der Waals surface area contributed by atoms with Gasteiger partial charge in [-0.05, 0) is 6.08 Å². The highest BCUT2D eigenvalue weighted by Gasteiger charge is 2.34. The summed E-state index contributed by atoms with van der Waals surface area (Å²) < 4.78 is 5.72. The van der Waals surface area contributed by atoms with E-state index in [1.165, 1.54) is 35.7 Å². The van der Waals surface area contributed by atoms with Crippen molar-refractivity contribution in [1.29, 1.82) is 0 Å². The maximum absolute atomic E-state index is 11.9. The van der Waals surface area contributed by atoms with Crippen molar-refractivity contribution in [3.63, 3.8) is 0 Å². The number of nitrogens with zero attached hydrogens (tertiary/aromatic N) is 1. The number of H-pyrrole nitrogens is 1. The van der Waals surface area contributed by atoms with E-state index < -0.39 is 28.7 Å². The largest absolute Gasteiger partial charge is 0.466 e. The quantitative estimate of drug-likeness (QED) is 0.483. The molecule has 0 unspecified atom stereocenters. The van der Waals surface area contributed by atoms with E-state index in [9.17, 15) is 19.5 Å². The first-order chi connectivity index (χ1) is 10.5. The van der Waals surface area contributed by atoms with Crippen LogP contribution in [0.4, 0.5) is 0 Å². The molecule has 2 heterocycles. The number of aromatic nitrogens is 2. The molecule has 0 bridgehead atoms. The molecule has 3 N–H and O–H groups in total. The van der Waals surface area contributed by atoms with Crippen LogP contribution < -0.4 is 11.2 Å². The van der Waals surface area contributed by atoms with Gasteiger partial charge in [0, 0.05) is 18.7 Å². The third kappa shape index (κ3) is 3.49.